The maximum atomic E-state index is 14.0. The fraction of sp³-hybridized carbons (Fsp3) is 0.130. The molecule has 0 aliphatic heterocycles. The molecule has 18 aromatic rings. The predicted molar refractivity (Wildman–Crippen MR) is 459 cm³/mol. The van der Waals surface area contributed by atoms with Gasteiger partial charge in [-0.3, -0.25) is 33.7 Å². The van der Waals surface area contributed by atoms with Gasteiger partial charge >= 0.3 is 0 Å². The number of benzene rings is 12. The maximum Gasteiger partial charge on any atom is 0.119 e. The molecule has 0 N–H and O–H groups in total. The van der Waals surface area contributed by atoms with Crippen molar-refractivity contribution >= 4 is 21.8 Å². The van der Waals surface area contributed by atoms with Crippen molar-refractivity contribution in [2.45, 2.75) is 83.6 Å². The molecule has 0 saturated heterocycles. The van der Waals surface area contributed by atoms with Gasteiger partial charge in [-0.25, -0.2) is 0 Å². The van der Waals surface area contributed by atoms with Gasteiger partial charge in [-0.05, 0) is 166 Å². The van der Waals surface area contributed by atoms with Gasteiger partial charge in [-0.2, -0.15) is 0 Å². The monoisotopic (exact) mass is 2460 g/mol. The van der Waals surface area contributed by atoms with Gasteiger partial charge in [0.2, 0.25) is 0 Å². The Balaban J connectivity index is 0.000000186. The van der Waals surface area contributed by atoms with E-state index in [9.17, 15) is 8.78 Å². The molecular formula is C100H88F2Ir5N11O-5. The first kappa shape index (κ1) is 93.9. The van der Waals surface area contributed by atoms with Gasteiger partial charge < -0.3 is 32.1 Å². The van der Waals surface area contributed by atoms with Gasteiger partial charge in [0.25, 0.3) is 0 Å². The molecule has 0 aliphatic rings. The molecule has 5 radical (unpaired) electrons. The van der Waals surface area contributed by atoms with E-state index < -0.39 is 11.6 Å². The molecular weight excluding hydrogens is 2370 g/mol. The van der Waals surface area contributed by atoms with Crippen molar-refractivity contribution in [3.63, 3.8) is 0 Å². The molecule has 0 saturated carbocycles. The predicted octanol–water partition coefficient (Wildman–Crippen LogP) is 24.1. The van der Waals surface area contributed by atoms with Gasteiger partial charge in [0.15, 0.2) is 0 Å². The van der Waals surface area contributed by atoms with E-state index in [0.717, 1.165) is 108 Å². The number of fused-ring (bicyclic) bond motifs is 3. The third-order valence-corrected chi connectivity index (χ3v) is 19.9. The molecule has 0 atom stereocenters. The summed E-state index contributed by atoms with van der Waals surface area (Å²) < 4.78 is 45.0. The third-order valence-electron chi connectivity index (χ3n) is 19.9. The van der Waals surface area contributed by atoms with E-state index in [1.165, 1.54) is 72.3 Å². The van der Waals surface area contributed by atoms with Crippen LogP contribution < -0.4 is 4.74 Å². The number of hydrogen-bond donors (Lipinski definition) is 0. The second-order valence-corrected chi connectivity index (χ2v) is 27.9. The van der Waals surface area contributed by atoms with Crippen LogP contribution in [0.15, 0.2) is 292 Å². The molecule has 12 aromatic carbocycles. The number of hydrogen-bond acceptors (Lipinski definition) is 6. The molecule has 6 heterocycles. The van der Waals surface area contributed by atoms with Gasteiger partial charge in [0.05, 0.1) is 36.2 Å². The van der Waals surface area contributed by atoms with Gasteiger partial charge in [0.1, 0.15) is 5.75 Å². The Hall–Kier alpha value is -10.6. The SMILES string of the molecule is C.COc1cc(C)c(-n2ccnc2-c2[c-]cccc2)c(C)c1.Cc1c[c-]c(-c2nccn2-c2c(C)cccc2C)cc1.Cc1cccc(C)c1-n1ccnc1-c1[c-]cc(F)cc1F.Cc1cccc(C)c1-n1ccnc1-c1[c-]cc2c(c1)c1ccccc1n2-c1ccccc1.Cc1cccc(C)c1-n1ccnc1-c1[c-]cccc1.[Ir].[Ir].[Ir].[Ir].[Ir]. The Kier molecular flexibility index (Phi) is 33.8. The van der Waals surface area contributed by atoms with Crippen molar-refractivity contribution in [2.75, 3.05) is 7.11 Å². The molecule has 18 rings (SSSR count). The molecule has 613 valence electrons. The zero-order valence-corrected chi connectivity index (χ0v) is 78.9. The van der Waals surface area contributed by atoms with Crippen LogP contribution in [0.4, 0.5) is 8.78 Å². The van der Waals surface area contributed by atoms with Crippen molar-refractivity contribution in [1.29, 1.82) is 0 Å². The topological polar surface area (TPSA) is 103 Å². The summed E-state index contributed by atoms with van der Waals surface area (Å²) in [5.74, 6) is 3.62. The fourth-order valence-electron chi connectivity index (χ4n) is 14.8. The molecule has 0 bridgehead atoms. The largest absolute Gasteiger partial charge is 0.497 e. The van der Waals surface area contributed by atoms with Crippen molar-refractivity contribution in [3.8, 4) is 96.8 Å². The van der Waals surface area contributed by atoms with E-state index >= 15 is 0 Å². The first-order chi connectivity index (χ1) is 54.9. The number of rotatable bonds is 12. The van der Waals surface area contributed by atoms with Crippen molar-refractivity contribution < 1.29 is 114 Å². The van der Waals surface area contributed by atoms with Gasteiger partial charge in [0, 0.05) is 214 Å². The normalized spacial score (nSPS) is 10.4. The second-order valence-electron chi connectivity index (χ2n) is 27.9. The number of aromatic nitrogens is 11. The van der Waals surface area contributed by atoms with Crippen LogP contribution in [0.25, 0.3) is 113 Å². The van der Waals surface area contributed by atoms with Crippen LogP contribution >= 0.6 is 0 Å². The first-order valence-electron chi connectivity index (χ1n) is 37.3. The number of imidazole rings is 5. The molecule has 6 aromatic heterocycles. The molecule has 12 nitrogen and oxygen atoms in total. The molecule has 0 spiro atoms. The maximum absolute atomic E-state index is 14.0. The summed E-state index contributed by atoms with van der Waals surface area (Å²) in [5, 5.41) is 2.43. The smallest absolute Gasteiger partial charge is 0.119 e. The van der Waals surface area contributed by atoms with Crippen molar-refractivity contribution in [1.82, 2.24) is 52.3 Å². The van der Waals surface area contributed by atoms with Crippen LogP contribution in [-0.2, 0) is 101 Å². The standard InChI is InChI=1S/C29H22N3.C18H17N2O.C18H17N2.C17H13F2N2.C17H15N2.CH4.5Ir/c1-20-9-8-10-21(2)28(20)31-18-17-30-29(31)22-15-16-27-25(19-22)24-13-6-7-14-26(24)32(27)23-11-4-3-5-12-23;1-13-11-16(21-3)12-14(2)17(13)20-10-9-19-18(20)15-7-5-4-6-8-15;1-13-7-9-16(10-8-13)18-19-11-12-20(18)17-14(2)5-4-6-15(17)3;1-11-4-3-5-12(2)16(11)21-9-8-20-17(21)14-7-6-13(18)10-15(14)19;1-13-7-6-8-14(2)16(13)19-12-11-18-17(19)15-9-4-3-5-10-15;;;;;;/h3-14,16-19H,1-2H3;4-7,9-12H,1-3H3;4-9,11-12H,1-3H3;3-6,8-10H,1-2H3;3-9,11-12H,1-2H3;1H4;;;;;/q5*-1;;;;;;. The van der Waals surface area contributed by atoms with Crippen LogP contribution in [0.2, 0.25) is 0 Å². The van der Waals surface area contributed by atoms with Gasteiger partial charge in [-0.15, -0.1) is 143 Å². The van der Waals surface area contributed by atoms with Crippen LogP contribution in [0.5, 0.6) is 5.75 Å². The zero-order valence-electron chi connectivity index (χ0n) is 67.0. The molecule has 0 fully saturated rings. The first-order valence-corrected chi connectivity index (χ1v) is 37.3. The van der Waals surface area contributed by atoms with Gasteiger partial charge in [-0.1, -0.05) is 141 Å². The Bertz CT molecular complexity index is 6260. The van der Waals surface area contributed by atoms with Crippen LogP contribution in [0, 0.1) is 118 Å². The minimum Gasteiger partial charge on any atom is -0.497 e. The average molecular weight is 2460 g/mol. The van der Waals surface area contributed by atoms with Crippen molar-refractivity contribution in [2.24, 2.45) is 0 Å². The van der Waals surface area contributed by atoms with E-state index in [1.54, 1.807) is 24.1 Å². The molecule has 0 unspecified atom stereocenters. The zero-order chi connectivity index (χ0) is 78.8. The van der Waals surface area contributed by atoms with E-state index in [0.29, 0.717) is 5.82 Å². The van der Waals surface area contributed by atoms with E-state index in [4.69, 9.17) is 9.72 Å². The minimum absolute atomic E-state index is 0. The Morgan fingerprint density at radius 3 is 1.08 bits per heavy atom. The summed E-state index contributed by atoms with van der Waals surface area (Å²) in [6.07, 6.45) is 18.8. The van der Waals surface area contributed by atoms with Crippen molar-refractivity contribution in [3.05, 3.63) is 396 Å². The van der Waals surface area contributed by atoms with E-state index in [1.807, 2.05) is 148 Å². The number of methoxy groups -OCH3 is 1. The third kappa shape index (κ3) is 20.6. The number of ether oxygens (including phenoxy) is 1. The summed E-state index contributed by atoms with van der Waals surface area (Å²) in [7, 11) is 1.69. The Morgan fingerprint density at radius 1 is 0.311 bits per heavy atom. The summed E-state index contributed by atoms with van der Waals surface area (Å²) >= 11 is 0. The van der Waals surface area contributed by atoms with Crippen LogP contribution in [-0.4, -0.2) is 59.4 Å². The molecule has 0 aliphatic carbocycles. The summed E-state index contributed by atoms with van der Waals surface area (Å²) in [5.41, 5.74) is 26.4. The van der Waals surface area contributed by atoms with Crippen LogP contribution in [0.3, 0.4) is 0 Å². The fourth-order valence-corrected chi connectivity index (χ4v) is 14.8. The Morgan fingerprint density at radius 2 is 0.681 bits per heavy atom. The number of halogens is 2. The second kappa shape index (κ2) is 42.9. The summed E-state index contributed by atoms with van der Waals surface area (Å²) in [6, 6.07) is 92.3. The number of aryl methyl sites for hydroxylation is 11. The molecule has 0 amide bonds. The Labute approximate surface area is 764 Å². The summed E-state index contributed by atoms with van der Waals surface area (Å²) in [6.45, 7) is 23.0. The quantitative estimate of drug-likeness (QED) is 0.113. The molecule has 19 heteroatoms. The summed E-state index contributed by atoms with van der Waals surface area (Å²) in [4.78, 5) is 22.4. The average Bonchev–Trinajstić information content (AvgIpc) is 1.59. The van der Waals surface area contributed by atoms with E-state index in [2.05, 4.69) is 269 Å². The van der Waals surface area contributed by atoms with Crippen LogP contribution in [0.1, 0.15) is 68.6 Å². The number of nitrogens with zero attached hydrogens (tertiary/aromatic N) is 11. The molecule has 119 heavy (non-hydrogen) atoms. The van der Waals surface area contributed by atoms with E-state index in [-0.39, 0.29) is 114 Å². The minimum atomic E-state index is -0.673. The number of para-hydroxylation sites is 6.